The van der Waals surface area contributed by atoms with Gasteiger partial charge in [0.15, 0.2) is 0 Å². The molecule has 2 aliphatic rings. The molecule has 19 heavy (non-hydrogen) atoms. The fourth-order valence-corrected chi connectivity index (χ4v) is 5.38. The topological polar surface area (TPSA) is 57.3 Å². The lowest BCUT2D eigenvalue weighted by atomic mass is 9.90. The van der Waals surface area contributed by atoms with Gasteiger partial charge in [-0.25, -0.2) is 0 Å². The first kappa shape index (κ1) is 15.1. The van der Waals surface area contributed by atoms with Crippen LogP contribution in [0.5, 0.6) is 0 Å². The van der Waals surface area contributed by atoms with Gasteiger partial charge in [0.1, 0.15) is 0 Å². The zero-order chi connectivity index (χ0) is 13.9. The van der Waals surface area contributed by atoms with Crippen LogP contribution in [0, 0.1) is 5.92 Å². The Balaban J connectivity index is 2.07. The van der Waals surface area contributed by atoms with Crippen LogP contribution in [-0.4, -0.2) is 46.2 Å². The minimum Gasteiger partial charge on any atom is -0.370 e. The van der Waals surface area contributed by atoms with Crippen molar-refractivity contribution in [2.45, 2.75) is 52.2 Å². The first-order valence-electron chi connectivity index (χ1n) is 7.28. The van der Waals surface area contributed by atoms with Crippen molar-refractivity contribution in [2.24, 2.45) is 5.92 Å². The molecule has 1 heterocycles. The van der Waals surface area contributed by atoms with E-state index in [1.54, 1.807) is 0 Å². The largest absolute Gasteiger partial charge is 0.575 e. The van der Waals surface area contributed by atoms with Gasteiger partial charge in [0.2, 0.25) is 5.41 Å². The lowest BCUT2D eigenvalue weighted by molar-refractivity contribution is -0.124. The van der Waals surface area contributed by atoms with E-state index in [0.717, 1.165) is 19.3 Å². The second-order valence-corrected chi connectivity index (χ2v) is 7.41. The highest BCUT2D eigenvalue weighted by molar-refractivity contribution is 6.92. The predicted octanol–water partition coefficient (Wildman–Crippen LogP) is 1.71. The summed E-state index contributed by atoms with van der Waals surface area (Å²) in [6.45, 7) is 6.92. The van der Waals surface area contributed by atoms with Gasteiger partial charge in [-0.05, 0) is 40.0 Å². The van der Waals surface area contributed by atoms with Crippen LogP contribution < -0.4 is 0 Å². The minimum absolute atomic E-state index is 0.0277. The molecule has 0 aromatic heterocycles. The molecule has 6 heteroatoms. The van der Waals surface area contributed by atoms with E-state index in [1.165, 1.54) is 0 Å². The van der Waals surface area contributed by atoms with E-state index in [-0.39, 0.29) is 17.4 Å². The molecule has 1 aliphatic heterocycles. The number of fused-ring (bicyclic) bond motifs is 1. The predicted molar refractivity (Wildman–Crippen MR) is 71.6 cm³/mol. The van der Waals surface area contributed by atoms with E-state index in [9.17, 15) is 4.79 Å². The molecule has 110 valence electrons. The molecule has 0 amide bonds. The Bertz CT molecular complexity index is 305. The Morgan fingerprint density at radius 2 is 1.63 bits per heavy atom. The zero-order valence-electron chi connectivity index (χ0n) is 12.0. The average molecular weight is 288 g/mol. The molecular weight excluding hydrogens is 264 g/mol. The second kappa shape index (κ2) is 6.45. The summed E-state index contributed by atoms with van der Waals surface area (Å²) in [5.41, 5.74) is 0. The Morgan fingerprint density at radius 1 is 1.05 bits per heavy atom. The third-order valence-corrected chi connectivity index (χ3v) is 6.70. The minimum atomic E-state index is -3.19. The maximum Gasteiger partial charge on any atom is 0.575 e. The van der Waals surface area contributed by atoms with Crippen molar-refractivity contribution in [3.8, 4) is 0 Å². The highest BCUT2D eigenvalue weighted by Crippen LogP contribution is 2.41. The van der Waals surface area contributed by atoms with Crippen LogP contribution in [0.15, 0.2) is 0 Å². The van der Waals surface area contributed by atoms with Crippen LogP contribution in [-0.2, 0) is 22.8 Å². The molecule has 0 radical (unpaired) electrons. The van der Waals surface area contributed by atoms with Crippen molar-refractivity contribution in [3.63, 3.8) is 0 Å². The van der Waals surface area contributed by atoms with Gasteiger partial charge in [-0.2, -0.15) is 0 Å². The van der Waals surface area contributed by atoms with Crippen LogP contribution in [0.1, 0.15) is 40.0 Å². The molecule has 3 atom stereocenters. The summed E-state index contributed by atoms with van der Waals surface area (Å²) >= 11 is 0. The number of hydrogen-bond acceptors (Lipinski definition) is 5. The smallest absolute Gasteiger partial charge is 0.370 e. The molecule has 1 saturated heterocycles. The molecule has 3 unspecified atom stereocenters. The molecule has 0 spiro atoms. The number of hydrogen-bond donors (Lipinski definition) is 0. The summed E-state index contributed by atoms with van der Waals surface area (Å²) < 4.78 is 22.5. The van der Waals surface area contributed by atoms with Gasteiger partial charge >= 0.3 is 8.80 Å². The summed E-state index contributed by atoms with van der Waals surface area (Å²) in [7, 11) is -3.19. The maximum atomic E-state index is 12.8. The summed E-state index contributed by atoms with van der Waals surface area (Å²) in [4.78, 5) is 12.8. The SMILES string of the molecule is CCO[Si](OCC)(OCC)C(=O)C1CCC2OC2C1. The van der Waals surface area contributed by atoms with E-state index in [4.69, 9.17) is 18.0 Å². The number of epoxide rings is 1. The van der Waals surface area contributed by atoms with Crippen LogP contribution >= 0.6 is 0 Å². The van der Waals surface area contributed by atoms with Crippen LogP contribution in [0.2, 0.25) is 0 Å². The Hall–Kier alpha value is -0.273. The van der Waals surface area contributed by atoms with E-state index in [0.29, 0.717) is 25.9 Å². The van der Waals surface area contributed by atoms with Gasteiger partial charge in [-0.15, -0.1) is 0 Å². The fraction of sp³-hybridized carbons (Fsp3) is 0.923. The number of carbonyl (C=O) groups is 1. The van der Waals surface area contributed by atoms with Crippen LogP contribution in [0.25, 0.3) is 0 Å². The third-order valence-electron chi connectivity index (χ3n) is 3.68. The number of ether oxygens (including phenoxy) is 1. The van der Waals surface area contributed by atoms with Gasteiger partial charge in [-0.1, -0.05) is 0 Å². The van der Waals surface area contributed by atoms with E-state index in [2.05, 4.69) is 0 Å². The summed E-state index contributed by atoms with van der Waals surface area (Å²) in [6, 6.07) is 0. The van der Waals surface area contributed by atoms with Crippen molar-refractivity contribution >= 4 is 14.2 Å². The van der Waals surface area contributed by atoms with Crippen LogP contribution in [0.3, 0.4) is 0 Å². The Labute approximate surface area is 115 Å². The van der Waals surface area contributed by atoms with Crippen molar-refractivity contribution in [1.29, 1.82) is 0 Å². The molecule has 0 aromatic carbocycles. The Morgan fingerprint density at radius 3 is 2.11 bits per heavy atom. The summed E-state index contributed by atoms with van der Waals surface area (Å²) in [6.07, 6.45) is 3.30. The molecule has 0 aromatic rings. The normalized spacial score (nSPS) is 29.9. The van der Waals surface area contributed by atoms with Gasteiger partial charge in [0, 0.05) is 25.7 Å². The second-order valence-electron chi connectivity index (χ2n) is 4.94. The number of carbonyl (C=O) groups excluding carboxylic acids is 1. The maximum absolute atomic E-state index is 12.8. The summed E-state index contributed by atoms with van der Waals surface area (Å²) in [5.74, 6) is -0.0277. The van der Waals surface area contributed by atoms with Crippen molar-refractivity contribution in [3.05, 3.63) is 0 Å². The molecule has 2 rings (SSSR count). The van der Waals surface area contributed by atoms with E-state index in [1.807, 2.05) is 20.8 Å². The standard InChI is InChI=1S/C13H24O5Si/c1-4-15-19(16-5-2,17-6-3)13(14)10-7-8-11-12(9-10)18-11/h10-12H,4-9H2,1-3H3. The molecular formula is C13H24O5Si. The number of rotatable bonds is 8. The first-order valence-corrected chi connectivity index (χ1v) is 9.00. The van der Waals surface area contributed by atoms with Gasteiger partial charge < -0.3 is 18.0 Å². The quantitative estimate of drug-likeness (QED) is 0.503. The molecule has 2 fully saturated rings. The fourth-order valence-electron chi connectivity index (χ4n) is 2.80. The zero-order valence-corrected chi connectivity index (χ0v) is 13.0. The average Bonchev–Trinajstić information content (AvgIpc) is 3.16. The molecule has 0 bridgehead atoms. The molecule has 0 N–H and O–H groups in total. The Kier molecular flexibility index (Phi) is 5.13. The van der Waals surface area contributed by atoms with Gasteiger partial charge in [0.25, 0.3) is 0 Å². The lowest BCUT2D eigenvalue weighted by Crippen LogP contribution is -2.57. The molecule has 1 aliphatic carbocycles. The van der Waals surface area contributed by atoms with Gasteiger partial charge in [-0.3, -0.25) is 4.79 Å². The van der Waals surface area contributed by atoms with Gasteiger partial charge in [0.05, 0.1) is 12.2 Å². The third kappa shape index (κ3) is 3.25. The highest BCUT2D eigenvalue weighted by atomic mass is 28.4. The van der Waals surface area contributed by atoms with Crippen molar-refractivity contribution in [2.75, 3.05) is 19.8 Å². The first-order chi connectivity index (χ1) is 9.16. The van der Waals surface area contributed by atoms with Crippen molar-refractivity contribution in [1.82, 2.24) is 0 Å². The highest BCUT2D eigenvalue weighted by Gasteiger charge is 2.56. The van der Waals surface area contributed by atoms with E-state index < -0.39 is 8.80 Å². The molecule has 5 nitrogen and oxygen atoms in total. The van der Waals surface area contributed by atoms with Crippen LogP contribution in [0.4, 0.5) is 0 Å². The lowest BCUT2D eigenvalue weighted by Gasteiger charge is -2.30. The van der Waals surface area contributed by atoms with E-state index >= 15 is 0 Å². The summed E-state index contributed by atoms with van der Waals surface area (Å²) in [5, 5.41) is 0.0481. The monoisotopic (exact) mass is 288 g/mol. The molecule has 1 saturated carbocycles. The van der Waals surface area contributed by atoms with Crippen molar-refractivity contribution < 1.29 is 22.8 Å².